The van der Waals surface area contributed by atoms with Crippen molar-refractivity contribution in [2.75, 3.05) is 45.9 Å². The fourth-order valence-electron chi connectivity index (χ4n) is 3.47. The Morgan fingerprint density at radius 1 is 1.25 bits per heavy atom. The molecular formula is C17H24F3N3O. The van der Waals surface area contributed by atoms with Crippen LogP contribution in [-0.4, -0.2) is 63.0 Å². The predicted molar refractivity (Wildman–Crippen MR) is 86.5 cm³/mol. The Morgan fingerprint density at radius 3 is 2.75 bits per heavy atom. The summed E-state index contributed by atoms with van der Waals surface area (Å²) in [5.74, 6) is 1.05. The van der Waals surface area contributed by atoms with Crippen molar-refractivity contribution < 1.29 is 17.9 Å². The fraction of sp³-hybridized carbons (Fsp3) is 0.647. The summed E-state index contributed by atoms with van der Waals surface area (Å²) >= 11 is 0. The molecule has 2 aliphatic rings. The van der Waals surface area contributed by atoms with Crippen molar-refractivity contribution in [3.05, 3.63) is 29.8 Å². The molecule has 24 heavy (non-hydrogen) atoms. The molecule has 0 bridgehead atoms. The first-order valence-corrected chi connectivity index (χ1v) is 8.49. The van der Waals surface area contributed by atoms with Gasteiger partial charge in [-0.3, -0.25) is 4.90 Å². The monoisotopic (exact) mass is 343 g/mol. The summed E-state index contributed by atoms with van der Waals surface area (Å²) in [5.41, 5.74) is 1.09. The van der Waals surface area contributed by atoms with Crippen molar-refractivity contribution in [2.24, 2.45) is 0 Å². The third kappa shape index (κ3) is 4.20. The largest absolute Gasteiger partial charge is 0.493 e. The van der Waals surface area contributed by atoms with Gasteiger partial charge in [-0.15, -0.1) is 0 Å². The molecule has 7 heteroatoms. The van der Waals surface area contributed by atoms with Crippen LogP contribution in [0.15, 0.2) is 24.3 Å². The van der Waals surface area contributed by atoms with Crippen molar-refractivity contribution in [1.82, 2.24) is 15.5 Å². The second kappa shape index (κ2) is 7.72. The van der Waals surface area contributed by atoms with Crippen molar-refractivity contribution >= 4 is 0 Å². The normalized spacial score (nSPS) is 23.4. The maximum atomic E-state index is 13.4. The number of ether oxygens (including phenoxy) is 1. The molecule has 1 aromatic carbocycles. The van der Waals surface area contributed by atoms with E-state index >= 15 is 0 Å². The Bertz CT molecular complexity index is 532. The Kier molecular flexibility index (Phi) is 5.63. The van der Waals surface area contributed by atoms with Gasteiger partial charge in [0.2, 0.25) is 0 Å². The molecule has 1 fully saturated rings. The number of halogens is 3. The second-order valence-corrected chi connectivity index (χ2v) is 6.37. The minimum absolute atomic E-state index is 0.0664. The smallest absolute Gasteiger partial charge is 0.405 e. The molecule has 0 amide bonds. The molecule has 0 aromatic heterocycles. The Morgan fingerprint density at radius 2 is 2.00 bits per heavy atom. The van der Waals surface area contributed by atoms with E-state index in [-0.39, 0.29) is 12.5 Å². The molecule has 0 aliphatic carbocycles. The van der Waals surface area contributed by atoms with E-state index in [0.717, 1.165) is 17.7 Å². The summed E-state index contributed by atoms with van der Waals surface area (Å²) in [6.45, 7) is 3.18. The molecule has 4 nitrogen and oxygen atoms in total. The number of hydrogen-bond acceptors (Lipinski definition) is 4. The lowest BCUT2D eigenvalue weighted by molar-refractivity contribution is -0.183. The number of benzene rings is 1. The van der Waals surface area contributed by atoms with Crippen molar-refractivity contribution in [3.63, 3.8) is 0 Å². The first kappa shape index (κ1) is 17.5. The third-order valence-corrected chi connectivity index (χ3v) is 4.78. The van der Waals surface area contributed by atoms with Crippen LogP contribution in [0.2, 0.25) is 0 Å². The number of para-hydroxylation sites is 1. The Balaban J connectivity index is 1.58. The molecule has 2 unspecified atom stereocenters. The van der Waals surface area contributed by atoms with E-state index in [1.807, 2.05) is 24.3 Å². The number of nitrogens with zero attached hydrogens (tertiary/aromatic N) is 1. The summed E-state index contributed by atoms with van der Waals surface area (Å²) in [7, 11) is 0. The average Bonchev–Trinajstić information content (AvgIpc) is 2.58. The zero-order valence-corrected chi connectivity index (χ0v) is 13.6. The molecule has 3 rings (SSSR count). The van der Waals surface area contributed by atoms with Crippen LogP contribution in [0.4, 0.5) is 13.2 Å². The SMILES string of the molecule is FC(F)(F)C(CNCC1CCOc2ccccc21)N1CCNCC1. The average molecular weight is 343 g/mol. The van der Waals surface area contributed by atoms with Gasteiger partial charge in [-0.25, -0.2) is 0 Å². The second-order valence-electron chi connectivity index (χ2n) is 6.37. The molecular weight excluding hydrogens is 319 g/mol. The minimum atomic E-state index is -4.21. The molecule has 1 aromatic rings. The molecule has 2 N–H and O–H groups in total. The van der Waals surface area contributed by atoms with Gasteiger partial charge < -0.3 is 15.4 Å². The summed E-state index contributed by atoms with van der Waals surface area (Å²) < 4.78 is 45.8. The quantitative estimate of drug-likeness (QED) is 0.857. The lowest BCUT2D eigenvalue weighted by Crippen LogP contribution is -2.57. The summed E-state index contributed by atoms with van der Waals surface area (Å²) in [6.07, 6.45) is -3.38. The number of nitrogens with one attached hydrogen (secondary N) is 2. The summed E-state index contributed by atoms with van der Waals surface area (Å²) in [5, 5.41) is 6.16. The van der Waals surface area contributed by atoms with Crippen molar-refractivity contribution in [1.29, 1.82) is 0 Å². The van der Waals surface area contributed by atoms with E-state index in [1.165, 1.54) is 4.90 Å². The van der Waals surface area contributed by atoms with Gasteiger partial charge in [0.05, 0.1) is 6.61 Å². The maximum absolute atomic E-state index is 13.4. The van der Waals surface area contributed by atoms with Crippen LogP contribution in [0.25, 0.3) is 0 Å². The van der Waals surface area contributed by atoms with E-state index in [0.29, 0.717) is 39.3 Å². The van der Waals surface area contributed by atoms with Crippen LogP contribution < -0.4 is 15.4 Å². The van der Waals surface area contributed by atoms with Crippen LogP contribution in [0.1, 0.15) is 17.9 Å². The highest BCUT2D eigenvalue weighted by Crippen LogP contribution is 2.33. The Labute approximate surface area is 140 Å². The van der Waals surface area contributed by atoms with Gasteiger partial charge in [-0.1, -0.05) is 18.2 Å². The first-order valence-electron chi connectivity index (χ1n) is 8.49. The summed E-state index contributed by atoms with van der Waals surface area (Å²) in [4.78, 5) is 1.53. The number of alkyl halides is 3. The van der Waals surface area contributed by atoms with E-state index in [2.05, 4.69) is 10.6 Å². The van der Waals surface area contributed by atoms with Crippen LogP contribution >= 0.6 is 0 Å². The molecule has 2 heterocycles. The third-order valence-electron chi connectivity index (χ3n) is 4.78. The van der Waals surface area contributed by atoms with Crippen LogP contribution in [0.3, 0.4) is 0 Å². The van der Waals surface area contributed by atoms with Gasteiger partial charge in [-0.05, 0) is 18.1 Å². The zero-order chi connectivity index (χ0) is 17.0. The standard InChI is InChI=1S/C17H24F3N3O/c18-17(19,20)16(23-8-6-21-7-9-23)12-22-11-13-5-10-24-15-4-2-1-3-14(13)15/h1-4,13,16,21-22H,5-12H2. The van der Waals surface area contributed by atoms with Gasteiger partial charge in [0.15, 0.2) is 0 Å². The number of hydrogen-bond donors (Lipinski definition) is 2. The highest BCUT2D eigenvalue weighted by Gasteiger charge is 2.43. The van der Waals surface area contributed by atoms with Crippen LogP contribution in [-0.2, 0) is 0 Å². The zero-order valence-electron chi connectivity index (χ0n) is 13.6. The van der Waals surface area contributed by atoms with Crippen LogP contribution in [0.5, 0.6) is 5.75 Å². The number of piperazine rings is 1. The minimum Gasteiger partial charge on any atom is -0.493 e. The highest BCUT2D eigenvalue weighted by atomic mass is 19.4. The van der Waals surface area contributed by atoms with Crippen LogP contribution in [0, 0.1) is 0 Å². The van der Waals surface area contributed by atoms with E-state index < -0.39 is 12.2 Å². The van der Waals surface area contributed by atoms with E-state index in [1.54, 1.807) is 0 Å². The topological polar surface area (TPSA) is 36.5 Å². The van der Waals surface area contributed by atoms with Gasteiger partial charge >= 0.3 is 6.18 Å². The van der Waals surface area contributed by atoms with Gasteiger partial charge in [0.25, 0.3) is 0 Å². The van der Waals surface area contributed by atoms with E-state index in [9.17, 15) is 13.2 Å². The number of fused-ring (bicyclic) bond motifs is 1. The molecule has 2 aliphatic heterocycles. The van der Waals surface area contributed by atoms with Gasteiger partial charge in [0, 0.05) is 45.2 Å². The molecule has 134 valence electrons. The lowest BCUT2D eigenvalue weighted by Gasteiger charge is -2.36. The Hall–Kier alpha value is -1.31. The predicted octanol–water partition coefficient (Wildman–Crippen LogP) is 1.98. The molecule has 2 atom stereocenters. The fourth-order valence-corrected chi connectivity index (χ4v) is 3.47. The molecule has 0 radical (unpaired) electrons. The lowest BCUT2D eigenvalue weighted by atomic mass is 9.93. The highest BCUT2D eigenvalue weighted by molar-refractivity contribution is 5.37. The molecule has 1 saturated heterocycles. The van der Waals surface area contributed by atoms with E-state index in [4.69, 9.17) is 4.74 Å². The summed E-state index contributed by atoms with van der Waals surface area (Å²) in [6, 6.07) is 6.35. The number of rotatable bonds is 5. The first-order chi connectivity index (χ1) is 11.6. The van der Waals surface area contributed by atoms with Crippen molar-refractivity contribution in [3.8, 4) is 5.75 Å². The molecule has 0 spiro atoms. The molecule has 0 saturated carbocycles. The van der Waals surface area contributed by atoms with Gasteiger partial charge in [-0.2, -0.15) is 13.2 Å². The van der Waals surface area contributed by atoms with Gasteiger partial charge in [0.1, 0.15) is 11.8 Å². The maximum Gasteiger partial charge on any atom is 0.405 e. The van der Waals surface area contributed by atoms with Crippen molar-refractivity contribution in [2.45, 2.75) is 24.6 Å².